The van der Waals surface area contributed by atoms with Crippen LogP contribution in [0.15, 0.2) is 18.2 Å². The van der Waals surface area contributed by atoms with Gasteiger partial charge in [0.1, 0.15) is 5.56 Å². The molecule has 2 N–H and O–H groups in total. The second-order valence-corrected chi connectivity index (χ2v) is 4.83. The average molecular weight is 279 g/mol. The Morgan fingerprint density at radius 1 is 1.15 bits per heavy atom. The summed E-state index contributed by atoms with van der Waals surface area (Å²) in [4.78, 5) is 12.0. The van der Waals surface area contributed by atoms with Gasteiger partial charge < -0.3 is 15.2 Å². The SMILES string of the molecule is CCCCCCCCOC(=O)c1cccc(N)c1OC. The van der Waals surface area contributed by atoms with Crippen molar-refractivity contribution in [2.75, 3.05) is 19.5 Å². The van der Waals surface area contributed by atoms with Crippen LogP contribution >= 0.6 is 0 Å². The van der Waals surface area contributed by atoms with E-state index in [9.17, 15) is 4.79 Å². The monoisotopic (exact) mass is 279 g/mol. The van der Waals surface area contributed by atoms with Gasteiger partial charge in [-0.15, -0.1) is 0 Å². The Labute approximate surface area is 121 Å². The average Bonchev–Trinajstić information content (AvgIpc) is 2.45. The van der Waals surface area contributed by atoms with Crippen molar-refractivity contribution < 1.29 is 14.3 Å². The summed E-state index contributed by atoms with van der Waals surface area (Å²) in [6, 6.07) is 5.08. The number of unbranched alkanes of at least 4 members (excludes halogenated alkanes) is 5. The summed E-state index contributed by atoms with van der Waals surface area (Å²) in [5.74, 6) is 0.0168. The highest BCUT2D eigenvalue weighted by Gasteiger charge is 2.15. The number of carbonyl (C=O) groups excluding carboxylic acids is 1. The molecule has 0 aromatic heterocycles. The van der Waals surface area contributed by atoms with Gasteiger partial charge in [0.05, 0.1) is 19.4 Å². The van der Waals surface area contributed by atoms with Crippen molar-refractivity contribution in [2.45, 2.75) is 45.4 Å². The minimum Gasteiger partial charge on any atom is -0.494 e. The first-order chi connectivity index (χ1) is 9.70. The van der Waals surface area contributed by atoms with Crippen LogP contribution in [0.4, 0.5) is 5.69 Å². The summed E-state index contributed by atoms with van der Waals surface area (Å²) in [6.45, 7) is 2.64. The highest BCUT2D eigenvalue weighted by atomic mass is 16.5. The molecular formula is C16H25NO3. The number of hydrogen-bond acceptors (Lipinski definition) is 4. The molecule has 0 saturated carbocycles. The van der Waals surface area contributed by atoms with Crippen molar-refractivity contribution in [1.29, 1.82) is 0 Å². The second kappa shape index (κ2) is 9.23. The molecule has 1 rings (SSSR count). The van der Waals surface area contributed by atoms with Crippen molar-refractivity contribution >= 4 is 11.7 Å². The maximum absolute atomic E-state index is 12.0. The molecule has 0 unspecified atom stereocenters. The van der Waals surface area contributed by atoms with Crippen LogP contribution in [-0.4, -0.2) is 19.7 Å². The lowest BCUT2D eigenvalue weighted by Crippen LogP contribution is -2.09. The molecule has 1 aromatic rings. The molecule has 20 heavy (non-hydrogen) atoms. The zero-order valence-electron chi connectivity index (χ0n) is 12.5. The van der Waals surface area contributed by atoms with E-state index >= 15 is 0 Å². The number of hydrogen-bond donors (Lipinski definition) is 1. The van der Waals surface area contributed by atoms with Crippen molar-refractivity contribution in [1.82, 2.24) is 0 Å². The van der Waals surface area contributed by atoms with E-state index in [1.807, 2.05) is 0 Å². The van der Waals surface area contributed by atoms with E-state index in [0.29, 0.717) is 23.6 Å². The summed E-state index contributed by atoms with van der Waals surface area (Å²) in [5, 5.41) is 0. The van der Waals surface area contributed by atoms with E-state index in [2.05, 4.69) is 6.92 Å². The van der Waals surface area contributed by atoms with Gasteiger partial charge in [0, 0.05) is 0 Å². The number of carbonyl (C=O) groups is 1. The van der Waals surface area contributed by atoms with Gasteiger partial charge in [-0.2, -0.15) is 0 Å². The van der Waals surface area contributed by atoms with Crippen LogP contribution in [0.3, 0.4) is 0 Å². The van der Waals surface area contributed by atoms with Gasteiger partial charge in [0.2, 0.25) is 0 Å². The lowest BCUT2D eigenvalue weighted by Gasteiger charge is -2.10. The predicted octanol–water partition coefficient (Wildman–Crippen LogP) is 3.79. The summed E-state index contributed by atoms with van der Waals surface area (Å²) in [7, 11) is 1.50. The molecule has 4 heteroatoms. The van der Waals surface area contributed by atoms with Crippen LogP contribution in [0.5, 0.6) is 5.75 Å². The van der Waals surface area contributed by atoms with Gasteiger partial charge >= 0.3 is 5.97 Å². The number of anilines is 1. The fraction of sp³-hybridized carbons (Fsp3) is 0.562. The third-order valence-electron chi connectivity index (χ3n) is 3.20. The Bertz CT molecular complexity index is 418. The first kappa shape index (κ1) is 16.3. The van der Waals surface area contributed by atoms with Gasteiger partial charge in [-0.25, -0.2) is 4.79 Å². The van der Waals surface area contributed by atoms with Crippen LogP contribution < -0.4 is 10.5 Å². The van der Waals surface area contributed by atoms with E-state index in [0.717, 1.165) is 12.8 Å². The van der Waals surface area contributed by atoms with Crippen molar-refractivity contribution in [3.05, 3.63) is 23.8 Å². The van der Waals surface area contributed by atoms with E-state index in [4.69, 9.17) is 15.2 Å². The second-order valence-electron chi connectivity index (χ2n) is 4.83. The molecule has 0 fully saturated rings. The van der Waals surface area contributed by atoms with Gasteiger partial charge in [-0.3, -0.25) is 0 Å². The van der Waals surface area contributed by atoms with Gasteiger partial charge in [0.15, 0.2) is 5.75 Å². The van der Waals surface area contributed by atoms with Crippen LogP contribution in [-0.2, 0) is 4.74 Å². The topological polar surface area (TPSA) is 61.5 Å². The first-order valence-corrected chi connectivity index (χ1v) is 7.30. The summed E-state index contributed by atoms with van der Waals surface area (Å²) < 4.78 is 10.4. The molecule has 0 spiro atoms. The van der Waals surface area contributed by atoms with Crippen LogP contribution in [0.25, 0.3) is 0 Å². The summed E-state index contributed by atoms with van der Waals surface area (Å²) >= 11 is 0. The predicted molar refractivity (Wildman–Crippen MR) is 81.1 cm³/mol. The molecule has 0 atom stereocenters. The van der Waals surface area contributed by atoms with Gasteiger partial charge in [0.25, 0.3) is 0 Å². The normalized spacial score (nSPS) is 10.3. The number of esters is 1. The summed E-state index contributed by atoms with van der Waals surface area (Å²) in [6.07, 6.45) is 6.98. The number of ether oxygens (including phenoxy) is 2. The number of benzene rings is 1. The quantitative estimate of drug-likeness (QED) is 0.424. The molecule has 0 heterocycles. The Morgan fingerprint density at radius 3 is 2.55 bits per heavy atom. The molecule has 0 radical (unpaired) electrons. The molecular weight excluding hydrogens is 254 g/mol. The summed E-state index contributed by atoms with van der Waals surface area (Å²) in [5.41, 5.74) is 6.59. The zero-order chi connectivity index (χ0) is 14.8. The third kappa shape index (κ3) is 5.11. The number of rotatable bonds is 9. The molecule has 0 aliphatic heterocycles. The Hall–Kier alpha value is -1.71. The van der Waals surface area contributed by atoms with Crippen molar-refractivity contribution in [2.24, 2.45) is 0 Å². The van der Waals surface area contributed by atoms with E-state index in [1.54, 1.807) is 18.2 Å². The van der Waals surface area contributed by atoms with E-state index in [-0.39, 0.29) is 5.97 Å². The molecule has 0 aliphatic rings. The van der Waals surface area contributed by atoms with Gasteiger partial charge in [-0.05, 0) is 18.6 Å². The fourth-order valence-electron chi connectivity index (χ4n) is 2.07. The third-order valence-corrected chi connectivity index (χ3v) is 3.20. The maximum Gasteiger partial charge on any atom is 0.342 e. The number of para-hydroxylation sites is 1. The molecule has 0 amide bonds. The maximum atomic E-state index is 12.0. The number of nitrogens with two attached hydrogens (primary N) is 1. The lowest BCUT2D eigenvalue weighted by atomic mass is 10.1. The molecule has 4 nitrogen and oxygen atoms in total. The minimum absolute atomic E-state index is 0.372. The van der Waals surface area contributed by atoms with Crippen molar-refractivity contribution in [3.8, 4) is 5.75 Å². The highest BCUT2D eigenvalue weighted by molar-refractivity contribution is 5.94. The van der Waals surface area contributed by atoms with E-state index in [1.165, 1.54) is 32.8 Å². The first-order valence-electron chi connectivity index (χ1n) is 7.30. The van der Waals surface area contributed by atoms with Crippen LogP contribution in [0.1, 0.15) is 55.8 Å². The standard InChI is InChI=1S/C16H25NO3/c1-3-4-5-6-7-8-12-20-16(18)13-10-9-11-14(17)15(13)19-2/h9-11H,3-8,12,17H2,1-2H3. The number of methoxy groups -OCH3 is 1. The fourth-order valence-corrected chi connectivity index (χ4v) is 2.07. The minimum atomic E-state index is -0.372. The highest BCUT2D eigenvalue weighted by Crippen LogP contribution is 2.26. The van der Waals surface area contributed by atoms with Crippen molar-refractivity contribution in [3.63, 3.8) is 0 Å². The van der Waals surface area contributed by atoms with Crippen LogP contribution in [0.2, 0.25) is 0 Å². The van der Waals surface area contributed by atoms with Gasteiger partial charge in [-0.1, -0.05) is 45.1 Å². The molecule has 1 aromatic carbocycles. The number of nitrogen functional groups attached to an aromatic ring is 1. The molecule has 0 saturated heterocycles. The Balaban J connectivity index is 2.35. The van der Waals surface area contributed by atoms with Crippen LogP contribution in [0, 0.1) is 0 Å². The Morgan fingerprint density at radius 2 is 1.85 bits per heavy atom. The molecule has 0 bridgehead atoms. The zero-order valence-corrected chi connectivity index (χ0v) is 12.5. The van der Waals surface area contributed by atoms with E-state index < -0.39 is 0 Å². The smallest absolute Gasteiger partial charge is 0.342 e. The Kier molecular flexibility index (Phi) is 7.55. The lowest BCUT2D eigenvalue weighted by molar-refractivity contribution is 0.0494. The molecule has 112 valence electrons. The largest absolute Gasteiger partial charge is 0.494 e. The molecule has 0 aliphatic carbocycles.